The summed E-state index contributed by atoms with van der Waals surface area (Å²) in [6.07, 6.45) is 3.85. The summed E-state index contributed by atoms with van der Waals surface area (Å²) in [4.78, 5) is 20.0. The van der Waals surface area contributed by atoms with Crippen LogP contribution in [-0.4, -0.2) is 37.0 Å². The van der Waals surface area contributed by atoms with E-state index in [0.29, 0.717) is 5.56 Å². The summed E-state index contributed by atoms with van der Waals surface area (Å²) in [5.74, 6) is 1.58. The van der Waals surface area contributed by atoms with Crippen LogP contribution >= 0.6 is 0 Å². The molecule has 1 amide bonds. The van der Waals surface area contributed by atoms with E-state index >= 15 is 0 Å². The number of rotatable bonds is 4. The molecule has 5 heteroatoms. The fourth-order valence-electron chi connectivity index (χ4n) is 3.23. The maximum absolute atomic E-state index is 12.8. The molecule has 0 bridgehead atoms. The van der Waals surface area contributed by atoms with E-state index in [1.807, 2.05) is 71.9 Å². The van der Waals surface area contributed by atoms with Crippen LogP contribution in [0.15, 0.2) is 79.1 Å². The zero-order valence-corrected chi connectivity index (χ0v) is 15.0. The Hall–Kier alpha value is -3.34. The first kappa shape index (κ1) is 17.1. The summed E-state index contributed by atoms with van der Waals surface area (Å²) in [5.41, 5.74) is 1.88. The van der Waals surface area contributed by atoms with Crippen molar-refractivity contribution in [2.45, 2.75) is 0 Å². The molecule has 1 fully saturated rings. The standard InChI is InChI=1S/C22H21N3O2/c26-22(25-16-14-24(15-17-25)19-10-12-23-13-11-19)18-6-8-21(9-7-18)27-20-4-2-1-3-5-20/h1-13H,14-17H2/p+1. The van der Waals surface area contributed by atoms with Crippen LogP contribution in [0.2, 0.25) is 0 Å². The minimum Gasteiger partial charge on any atom is -0.457 e. The minimum atomic E-state index is 0.0716. The number of amides is 1. The maximum Gasteiger partial charge on any atom is 0.253 e. The number of hydrogen-bond donors (Lipinski definition) is 0. The topological polar surface area (TPSA) is 46.9 Å². The third-order valence-electron chi connectivity index (χ3n) is 4.71. The molecule has 0 saturated carbocycles. The molecule has 5 nitrogen and oxygen atoms in total. The number of anilines is 1. The molecule has 1 saturated heterocycles. The van der Waals surface area contributed by atoms with Crippen LogP contribution in [0.1, 0.15) is 10.4 Å². The van der Waals surface area contributed by atoms with Crippen molar-refractivity contribution in [1.29, 1.82) is 0 Å². The van der Waals surface area contributed by atoms with Crippen molar-refractivity contribution in [3.8, 4) is 11.5 Å². The van der Waals surface area contributed by atoms with Gasteiger partial charge < -0.3 is 14.5 Å². The van der Waals surface area contributed by atoms with Gasteiger partial charge in [0.25, 0.3) is 5.91 Å². The molecular formula is C22H22N3O2+. The van der Waals surface area contributed by atoms with Gasteiger partial charge >= 0.3 is 0 Å². The average Bonchev–Trinajstić information content (AvgIpc) is 2.75. The SMILES string of the molecule is O=C(c1ccc(Oc2ccccc2)cc1)N1CCN(c2cc[nH+]cc2)CC1. The lowest BCUT2D eigenvalue weighted by Gasteiger charge is -2.35. The summed E-state index contributed by atoms with van der Waals surface area (Å²) < 4.78 is 5.79. The Morgan fingerprint density at radius 3 is 2.07 bits per heavy atom. The predicted molar refractivity (Wildman–Crippen MR) is 104 cm³/mol. The van der Waals surface area contributed by atoms with Crippen LogP contribution in [-0.2, 0) is 0 Å². The number of carbonyl (C=O) groups is 1. The molecule has 4 rings (SSSR count). The number of nitrogens with one attached hydrogen (secondary N) is 1. The number of pyridine rings is 1. The zero-order chi connectivity index (χ0) is 18.5. The van der Waals surface area contributed by atoms with E-state index in [-0.39, 0.29) is 5.91 Å². The highest BCUT2D eigenvalue weighted by Gasteiger charge is 2.22. The molecule has 2 heterocycles. The smallest absolute Gasteiger partial charge is 0.253 e. The van der Waals surface area contributed by atoms with Crippen molar-refractivity contribution in [2.24, 2.45) is 0 Å². The molecule has 1 N–H and O–H groups in total. The van der Waals surface area contributed by atoms with Crippen molar-refractivity contribution in [3.05, 3.63) is 84.7 Å². The fraction of sp³-hybridized carbons (Fsp3) is 0.182. The molecule has 1 aliphatic rings. The number of ether oxygens (including phenoxy) is 1. The number of hydrogen-bond acceptors (Lipinski definition) is 3. The van der Waals surface area contributed by atoms with Gasteiger partial charge in [-0.3, -0.25) is 4.79 Å². The lowest BCUT2D eigenvalue weighted by Crippen LogP contribution is -2.48. The molecule has 2 aromatic carbocycles. The van der Waals surface area contributed by atoms with E-state index in [0.717, 1.165) is 37.7 Å². The van der Waals surface area contributed by atoms with E-state index in [4.69, 9.17) is 4.74 Å². The number of nitrogens with zero attached hydrogens (tertiary/aromatic N) is 2. The monoisotopic (exact) mass is 360 g/mol. The Morgan fingerprint density at radius 2 is 1.41 bits per heavy atom. The molecule has 0 atom stereocenters. The number of aromatic nitrogens is 1. The van der Waals surface area contributed by atoms with Crippen LogP contribution in [0, 0.1) is 0 Å². The van der Waals surface area contributed by atoms with E-state index in [9.17, 15) is 4.79 Å². The summed E-state index contributed by atoms with van der Waals surface area (Å²) in [7, 11) is 0. The number of aromatic amines is 1. The lowest BCUT2D eigenvalue weighted by atomic mass is 10.1. The third kappa shape index (κ3) is 4.08. The largest absolute Gasteiger partial charge is 0.457 e. The van der Waals surface area contributed by atoms with E-state index in [2.05, 4.69) is 22.0 Å². The quantitative estimate of drug-likeness (QED) is 0.717. The molecular weight excluding hydrogens is 338 g/mol. The van der Waals surface area contributed by atoms with E-state index in [1.54, 1.807) is 0 Å². The first-order valence-electron chi connectivity index (χ1n) is 9.13. The maximum atomic E-state index is 12.8. The summed E-state index contributed by atoms with van der Waals surface area (Å²) in [6, 6.07) is 21.1. The zero-order valence-electron chi connectivity index (χ0n) is 15.0. The van der Waals surface area contributed by atoms with Gasteiger partial charge in [-0.2, -0.15) is 0 Å². The number of para-hydroxylation sites is 1. The Kier molecular flexibility index (Phi) is 5.01. The van der Waals surface area contributed by atoms with Crippen LogP contribution in [0.5, 0.6) is 11.5 Å². The van der Waals surface area contributed by atoms with Gasteiger partial charge in [0.1, 0.15) is 11.5 Å². The van der Waals surface area contributed by atoms with Crippen molar-refractivity contribution < 1.29 is 14.5 Å². The molecule has 0 spiro atoms. The van der Waals surface area contributed by atoms with Crippen LogP contribution in [0.25, 0.3) is 0 Å². The number of carbonyl (C=O) groups excluding carboxylic acids is 1. The normalized spacial score (nSPS) is 14.1. The number of H-pyrrole nitrogens is 1. The highest BCUT2D eigenvalue weighted by Crippen LogP contribution is 2.22. The third-order valence-corrected chi connectivity index (χ3v) is 4.71. The molecule has 136 valence electrons. The molecule has 0 radical (unpaired) electrons. The Labute approximate surface area is 158 Å². The average molecular weight is 360 g/mol. The van der Waals surface area contributed by atoms with Gasteiger partial charge in [-0.15, -0.1) is 0 Å². The van der Waals surface area contributed by atoms with Crippen molar-refractivity contribution in [2.75, 3.05) is 31.1 Å². The molecule has 0 unspecified atom stereocenters. The van der Waals surface area contributed by atoms with Gasteiger partial charge in [-0.05, 0) is 36.4 Å². The minimum absolute atomic E-state index is 0.0716. The highest BCUT2D eigenvalue weighted by atomic mass is 16.5. The fourth-order valence-corrected chi connectivity index (χ4v) is 3.23. The first-order chi connectivity index (χ1) is 13.3. The summed E-state index contributed by atoms with van der Waals surface area (Å²) in [5, 5.41) is 0. The van der Waals surface area contributed by atoms with Gasteiger partial charge in [0.05, 0.1) is 0 Å². The number of piperazine rings is 1. The van der Waals surface area contributed by atoms with Crippen molar-refractivity contribution in [1.82, 2.24) is 4.90 Å². The molecule has 3 aromatic rings. The summed E-state index contributed by atoms with van der Waals surface area (Å²) >= 11 is 0. The van der Waals surface area contributed by atoms with Crippen molar-refractivity contribution in [3.63, 3.8) is 0 Å². The van der Waals surface area contributed by atoms with Gasteiger partial charge in [0, 0.05) is 49.6 Å². The second-order valence-corrected chi connectivity index (χ2v) is 6.48. The van der Waals surface area contributed by atoms with Gasteiger partial charge in [-0.1, -0.05) is 18.2 Å². The van der Waals surface area contributed by atoms with Crippen LogP contribution in [0.4, 0.5) is 5.69 Å². The van der Waals surface area contributed by atoms with Gasteiger partial charge in [0.15, 0.2) is 12.4 Å². The first-order valence-corrected chi connectivity index (χ1v) is 9.13. The molecule has 1 aliphatic heterocycles. The van der Waals surface area contributed by atoms with E-state index in [1.165, 1.54) is 5.69 Å². The molecule has 0 aliphatic carbocycles. The van der Waals surface area contributed by atoms with Crippen LogP contribution < -0.4 is 14.6 Å². The van der Waals surface area contributed by atoms with Gasteiger partial charge in [-0.25, -0.2) is 4.98 Å². The lowest BCUT2D eigenvalue weighted by molar-refractivity contribution is -0.377. The van der Waals surface area contributed by atoms with Gasteiger partial charge in [0.2, 0.25) is 0 Å². The number of benzene rings is 2. The highest BCUT2D eigenvalue weighted by molar-refractivity contribution is 5.94. The van der Waals surface area contributed by atoms with Crippen molar-refractivity contribution >= 4 is 11.6 Å². The second kappa shape index (κ2) is 7.91. The van der Waals surface area contributed by atoms with Crippen LogP contribution in [0.3, 0.4) is 0 Å². The second-order valence-electron chi connectivity index (χ2n) is 6.48. The molecule has 27 heavy (non-hydrogen) atoms. The Bertz CT molecular complexity index is 874. The molecule has 1 aromatic heterocycles. The Balaban J connectivity index is 1.36. The van der Waals surface area contributed by atoms with E-state index < -0.39 is 0 Å². The Morgan fingerprint density at radius 1 is 0.778 bits per heavy atom. The predicted octanol–water partition coefficient (Wildman–Crippen LogP) is 3.26. The summed E-state index contributed by atoms with van der Waals surface area (Å²) in [6.45, 7) is 3.12.